The molecule has 0 fully saturated rings. The molecule has 2 aromatic rings. The van der Waals surface area contributed by atoms with Crippen LogP contribution in [0, 0.1) is 0 Å². The molecule has 0 saturated heterocycles. The van der Waals surface area contributed by atoms with Crippen LogP contribution >= 0.6 is 15.9 Å². The quantitative estimate of drug-likeness (QED) is 0.765. The lowest BCUT2D eigenvalue weighted by atomic mass is 10.1. The van der Waals surface area contributed by atoms with E-state index in [9.17, 15) is 9.59 Å². The van der Waals surface area contributed by atoms with Gasteiger partial charge in [0, 0.05) is 41.1 Å². The zero-order valence-corrected chi connectivity index (χ0v) is 16.6. The molecule has 0 aliphatic heterocycles. The topological polar surface area (TPSA) is 54.3 Å². The van der Waals surface area contributed by atoms with Crippen LogP contribution in [-0.4, -0.2) is 34.4 Å². The number of halogens is 1. The Bertz CT molecular complexity index is 764. The second kappa shape index (κ2) is 8.34. The Balaban J connectivity index is 2.22. The van der Waals surface area contributed by atoms with E-state index in [-0.39, 0.29) is 17.9 Å². The third-order valence-electron chi connectivity index (χ3n) is 4.02. The molecule has 25 heavy (non-hydrogen) atoms. The fourth-order valence-corrected chi connectivity index (χ4v) is 3.11. The maximum atomic E-state index is 12.6. The molecule has 1 N–H and O–H groups in total. The van der Waals surface area contributed by atoms with E-state index >= 15 is 0 Å². The Morgan fingerprint density at radius 3 is 2.48 bits per heavy atom. The third kappa shape index (κ3) is 4.51. The van der Waals surface area contributed by atoms with E-state index < -0.39 is 0 Å². The first-order chi connectivity index (χ1) is 11.9. The van der Waals surface area contributed by atoms with Crippen molar-refractivity contribution in [1.82, 2.24) is 9.47 Å². The average molecular weight is 406 g/mol. The van der Waals surface area contributed by atoms with Crippen molar-refractivity contribution in [1.29, 1.82) is 0 Å². The SMILES string of the molecule is CCN(CC)C(=O)c1cccc(NC(=O)c2cc(Br)cn2C(C)C)c1. The fraction of sp³-hybridized carbons (Fsp3) is 0.368. The van der Waals surface area contributed by atoms with Gasteiger partial charge in [-0.15, -0.1) is 0 Å². The highest BCUT2D eigenvalue weighted by atomic mass is 79.9. The number of nitrogens with one attached hydrogen (secondary N) is 1. The van der Waals surface area contributed by atoms with Gasteiger partial charge in [-0.05, 0) is 67.9 Å². The lowest BCUT2D eigenvalue weighted by Crippen LogP contribution is -2.30. The van der Waals surface area contributed by atoms with Crippen LogP contribution in [0.3, 0.4) is 0 Å². The third-order valence-corrected chi connectivity index (χ3v) is 4.46. The zero-order valence-electron chi connectivity index (χ0n) is 15.0. The van der Waals surface area contributed by atoms with Crippen molar-refractivity contribution in [2.75, 3.05) is 18.4 Å². The molecule has 1 aromatic heterocycles. The van der Waals surface area contributed by atoms with Gasteiger partial charge in [-0.3, -0.25) is 9.59 Å². The van der Waals surface area contributed by atoms with E-state index in [1.807, 2.05) is 38.5 Å². The predicted molar refractivity (Wildman–Crippen MR) is 104 cm³/mol. The second-order valence-corrected chi connectivity index (χ2v) is 6.97. The summed E-state index contributed by atoms with van der Waals surface area (Å²) in [6, 6.07) is 9.01. The summed E-state index contributed by atoms with van der Waals surface area (Å²) in [5.41, 5.74) is 1.75. The Morgan fingerprint density at radius 2 is 1.88 bits per heavy atom. The molecule has 134 valence electrons. The molecule has 2 rings (SSSR count). The van der Waals surface area contributed by atoms with Crippen molar-refractivity contribution in [3.63, 3.8) is 0 Å². The van der Waals surface area contributed by atoms with Gasteiger partial charge in [0.25, 0.3) is 11.8 Å². The molecule has 0 saturated carbocycles. The van der Waals surface area contributed by atoms with Gasteiger partial charge in [0.15, 0.2) is 0 Å². The number of nitrogens with zero attached hydrogens (tertiary/aromatic N) is 2. The minimum Gasteiger partial charge on any atom is -0.340 e. The van der Waals surface area contributed by atoms with Crippen molar-refractivity contribution in [3.8, 4) is 0 Å². The number of rotatable bonds is 6. The lowest BCUT2D eigenvalue weighted by Gasteiger charge is -2.19. The minimum absolute atomic E-state index is 0.0330. The summed E-state index contributed by atoms with van der Waals surface area (Å²) in [6.45, 7) is 9.25. The van der Waals surface area contributed by atoms with E-state index in [1.165, 1.54) is 0 Å². The molecule has 5 nitrogen and oxygen atoms in total. The first-order valence-corrected chi connectivity index (χ1v) is 9.24. The van der Waals surface area contributed by atoms with Gasteiger partial charge < -0.3 is 14.8 Å². The molecule has 0 atom stereocenters. The van der Waals surface area contributed by atoms with E-state index in [0.717, 1.165) is 4.47 Å². The van der Waals surface area contributed by atoms with Crippen LogP contribution in [0.1, 0.15) is 54.6 Å². The maximum absolute atomic E-state index is 12.6. The average Bonchev–Trinajstić information content (AvgIpc) is 2.98. The van der Waals surface area contributed by atoms with Gasteiger partial charge in [0.2, 0.25) is 0 Å². The number of aromatic nitrogens is 1. The Labute approximate surface area is 157 Å². The highest BCUT2D eigenvalue weighted by Crippen LogP contribution is 2.21. The molecule has 0 aliphatic rings. The fourth-order valence-electron chi connectivity index (χ4n) is 2.67. The first kappa shape index (κ1) is 19.2. The second-order valence-electron chi connectivity index (χ2n) is 6.06. The molecular formula is C19H24BrN3O2. The number of amides is 2. The normalized spacial score (nSPS) is 10.8. The van der Waals surface area contributed by atoms with Gasteiger partial charge in [0.05, 0.1) is 0 Å². The van der Waals surface area contributed by atoms with Crippen LogP contribution in [0.5, 0.6) is 0 Å². The summed E-state index contributed by atoms with van der Waals surface area (Å²) in [4.78, 5) is 26.8. The number of hydrogen-bond acceptors (Lipinski definition) is 2. The van der Waals surface area contributed by atoms with E-state index in [0.29, 0.717) is 30.0 Å². The summed E-state index contributed by atoms with van der Waals surface area (Å²) < 4.78 is 2.77. The summed E-state index contributed by atoms with van der Waals surface area (Å²) in [5, 5.41) is 2.89. The highest BCUT2D eigenvalue weighted by molar-refractivity contribution is 9.10. The van der Waals surface area contributed by atoms with Gasteiger partial charge in [-0.2, -0.15) is 0 Å². The molecule has 0 aliphatic carbocycles. The minimum atomic E-state index is -0.202. The molecule has 1 heterocycles. The zero-order chi connectivity index (χ0) is 18.6. The van der Waals surface area contributed by atoms with Gasteiger partial charge in [0.1, 0.15) is 5.69 Å². The van der Waals surface area contributed by atoms with Crippen molar-refractivity contribution in [3.05, 3.63) is 52.3 Å². The van der Waals surface area contributed by atoms with Crippen molar-refractivity contribution in [2.24, 2.45) is 0 Å². The summed E-state index contributed by atoms with van der Waals surface area (Å²) in [7, 11) is 0. The van der Waals surface area contributed by atoms with Gasteiger partial charge in [-0.25, -0.2) is 0 Å². The molecule has 0 bridgehead atoms. The molecular weight excluding hydrogens is 382 g/mol. The molecule has 0 unspecified atom stereocenters. The monoisotopic (exact) mass is 405 g/mol. The standard InChI is InChI=1S/C19H24BrN3O2/c1-5-22(6-2)19(25)14-8-7-9-16(10-14)21-18(24)17-11-15(20)12-23(17)13(3)4/h7-13H,5-6H2,1-4H3,(H,21,24). The Kier molecular flexibility index (Phi) is 6.42. The molecule has 1 aromatic carbocycles. The van der Waals surface area contributed by atoms with Crippen LogP contribution in [0.2, 0.25) is 0 Å². The van der Waals surface area contributed by atoms with Crippen molar-refractivity contribution in [2.45, 2.75) is 33.7 Å². The summed E-state index contributed by atoms with van der Waals surface area (Å²) in [6.07, 6.45) is 1.89. The number of carbonyl (C=O) groups excluding carboxylic acids is 2. The lowest BCUT2D eigenvalue weighted by molar-refractivity contribution is 0.0772. The molecule has 0 radical (unpaired) electrons. The number of benzene rings is 1. The van der Waals surface area contributed by atoms with Crippen LogP contribution in [0.4, 0.5) is 5.69 Å². The number of anilines is 1. The van der Waals surface area contributed by atoms with E-state index in [1.54, 1.807) is 35.2 Å². The first-order valence-electron chi connectivity index (χ1n) is 8.45. The van der Waals surface area contributed by atoms with E-state index in [4.69, 9.17) is 0 Å². The number of hydrogen-bond donors (Lipinski definition) is 1. The molecule has 6 heteroatoms. The molecule has 0 spiro atoms. The number of carbonyl (C=O) groups is 2. The van der Waals surface area contributed by atoms with Crippen LogP contribution < -0.4 is 5.32 Å². The van der Waals surface area contributed by atoms with Crippen LogP contribution in [-0.2, 0) is 0 Å². The van der Waals surface area contributed by atoms with Gasteiger partial charge in [-0.1, -0.05) is 6.07 Å². The Morgan fingerprint density at radius 1 is 1.20 bits per heavy atom. The predicted octanol–water partition coefficient (Wildman–Crippen LogP) is 4.57. The largest absolute Gasteiger partial charge is 0.340 e. The van der Waals surface area contributed by atoms with Crippen molar-refractivity contribution < 1.29 is 9.59 Å². The van der Waals surface area contributed by atoms with Crippen LogP contribution in [0.15, 0.2) is 41.0 Å². The van der Waals surface area contributed by atoms with Crippen LogP contribution in [0.25, 0.3) is 0 Å². The maximum Gasteiger partial charge on any atom is 0.272 e. The smallest absolute Gasteiger partial charge is 0.272 e. The summed E-state index contributed by atoms with van der Waals surface area (Å²) >= 11 is 3.42. The van der Waals surface area contributed by atoms with Gasteiger partial charge >= 0.3 is 0 Å². The molecule has 2 amide bonds. The summed E-state index contributed by atoms with van der Waals surface area (Å²) in [5.74, 6) is -0.235. The van der Waals surface area contributed by atoms with E-state index in [2.05, 4.69) is 21.2 Å². The van der Waals surface area contributed by atoms with Crippen molar-refractivity contribution >= 4 is 33.4 Å². The Hall–Kier alpha value is -2.08. The highest BCUT2D eigenvalue weighted by Gasteiger charge is 2.17.